The van der Waals surface area contributed by atoms with Crippen molar-refractivity contribution in [2.45, 2.75) is 25.9 Å². The van der Waals surface area contributed by atoms with Crippen molar-refractivity contribution in [3.63, 3.8) is 0 Å². The number of aromatic nitrogens is 1. The van der Waals surface area contributed by atoms with E-state index in [-0.39, 0.29) is 5.82 Å². The second kappa shape index (κ2) is 8.07. The predicted molar refractivity (Wildman–Crippen MR) is 77.8 cm³/mol. The number of anilines is 2. The van der Waals surface area contributed by atoms with Crippen molar-refractivity contribution in [1.29, 1.82) is 0 Å². The first-order chi connectivity index (χ1) is 9.88. The molecule has 1 rings (SSSR count). The first-order valence-electron chi connectivity index (χ1n) is 6.91. The van der Waals surface area contributed by atoms with Gasteiger partial charge in [-0.25, -0.2) is 4.98 Å². The van der Waals surface area contributed by atoms with Crippen molar-refractivity contribution in [3.8, 4) is 0 Å². The molecule has 1 aromatic heterocycles. The summed E-state index contributed by atoms with van der Waals surface area (Å²) in [4.78, 5) is 5.94. The Morgan fingerprint density at radius 2 is 2.05 bits per heavy atom. The fraction of sp³-hybridized carbons (Fsp3) is 0.643. The fourth-order valence-corrected chi connectivity index (χ4v) is 1.78. The summed E-state index contributed by atoms with van der Waals surface area (Å²) in [6, 6.07) is 2.12. The van der Waals surface area contributed by atoms with Crippen LogP contribution in [0.2, 0.25) is 0 Å². The zero-order valence-corrected chi connectivity index (χ0v) is 12.6. The van der Waals surface area contributed by atoms with Gasteiger partial charge in [0, 0.05) is 33.9 Å². The first-order valence-corrected chi connectivity index (χ1v) is 6.91. The van der Waals surface area contributed by atoms with Crippen LogP contribution in [-0.2, 0) is 10.9 Å². The van der Waals surface area contributed by atoms with E-state index < -0.39 is 11.7 Å². The molecule has 0 amide bonds. The van der Waals surface area contributed by atoms with Crippen LogP contribution in [0.3, 0.4) is 0 Å². The Labute approximate surface area is 123 Å². The van der Waals surface area contributed by atoms with Crippen LogP contribution in [0.15, 0.2) is 12.1 Å². The molecule has 0 aliphatic heterocycles. The number of methoxy groups -OCH3 is 1. The summed E-state index contributed by atoms with van der Waals surface area (Å²) in [5.41, 5.74) is -0.690. The van der Waals surface area contributed by atoms with Gasteiger partial charge in [0.2, 0.25) is 0 Å². The highest BCUT2D eigenvalue weighted by Gasteiger charge is 2.32. The number of nitrogens with one attached hydrogen (secondary N) is 1. The molecule has 0 aliphatic rings. The average Bonchev–Trinajstić information content (AvgIpc) is 2.44. The molecule has 4 nitrogen and oxygen atoms in total. The summed E-state index contributed by atoms with van der Waals surface area (Å²) in [5.74, 6) is 0.555. The number of hydrogen-bond acceptors (Lipinski definition) is 4. The van der Waals surface area contributed by atoms with Crippen LogP contribution in [0.5, 0.6) is 0 Å². The summed E-state index contributed by atoms with van der Waals surface area (Å²) in [5, 5.41) is 2.91. The van der Waals surface area contributed by atoms with Crippen molar-refractivity contribution in [3.05, 3.63) is 17.7 Å². The van der Waals surface area contributed by atoms with Gasteiger partial charge in [-0.1, -0.05) is 6.92 Å². The predicted octanol–water partition coefficient (Wildman–Crippen LogP) is 3.40. The largest absolute Gasteiger partial charge is 0.416 e. The zero-order valence-electron chi connectivity index (χ0n) is 12.6. The SMILES string of the molecule is CCCNc1cc(C(F)(F)F)cc(N(C)CCCOC)n1. The van der Waals surface area contributed by atoms with Crippen molar-refractivity contribution >= 4 is 11.6 Å². The first kappa shape index (κ1) is 17.6. The highest BCUT2D eigenvalue weighted by Crippen LogP contribution is 2.32. The Morgan fingerprint density at radius 3 is 2.62 bits per heavy atom. The lowest BCUT2D eigenvalue weighted by molar-refractivity contribution is -0.137. The molecule has 0 spiro atoms. The second-order valence-corrected chi connectivity index (χ2v) is 4.79. The van der Waals surface area contributed by atoms with Crippen LogP contribution in [-0.4, -0.2) is 38.8 Å². The number of alkyl halides is 3. The van der Waals surface area contributed by atoms with E-state index in [0.29, 0.717) is 25.5 Å². The minimum atomic E-state index is -4.38. The number of rotatable bonds is 8. The molecule has 0 aromatic carbocycles. The van der Waals surface area contributed by atoms with Crippen molar-refractivity contribution < 1.29 is 17.9 Å². The van der Waals surface area contributed by atoms with E-state index in [1.54, 1.807) is 19.1 Å². The highest BCUT2D eigenvalue weighted by molar-refractivity contribution is 5.51. The van der Waals surface area contributed by atoms with Gasteiger partial charge in [-0.05, 0) is 25.0 Å². The minimum absolute atomic E-state index is 0.250. The second-order valence-electron chi connectivity index (χ2n) is 4.79. The number of nitrogens with zero attached hydrogens (tertiary/aromatic N) is 2. The maximum Gasteiger partial charge on any atom is 0.416 e. The van der Waals surface area contributed by atoms with Crippen molar-refractivity contribution in [1.82, 2.24) is 4.98 Å². The third kappa shape index (κ3) is 5.79. The topological polar surface area (TPSA) is 37.4 Å². The molecule has 0 unspecified atom stereocenters. The van der Waals surface area contributed by atoms with Gasteiger partial charge >= 0.3 is 6.18 Å². The molecule has 7 heteroatoms. The maximum atomic E-state index is 12.9. The molecule has 0 aliphatic carbocycles. The molecule has 0 atom stereocenters. The smallest absolute Gasteiger partial charge is 0.385 e. The van der Waals surface area contributed by atoms with Crippen LogP contribution in [0, 0.1) is 0 Å². The van der Waals surface area contributed by atoms with E-state index >= 15 is 0 Å². The normalized spacial score (nSPS) is 11.5. The molecule has 1 N–H and O–H groups in total. The van der Waals surface area contributed by atoms with E-state index in [0.717, 1.165) is 25.0 Å². The monoisotopic (exact) mass is 305 g/mol. The Hall–Kier alpha value is -1.50. The third-order valence-corrected chi connectivity index (χ3v) is 2.93. The molecular formula is C14H22F3N3O. The lowest BCUT2D eigenvalue weighted by Gasteiger charge is -2.20. The Morgan fingerprint density at radius 1 is 1.33 bits per heavy atom. The molecule has 0 bridgehead atoms. The quantitative estimate of drug-likeness (QED) is 0.747. The summed E-state index contributed by atoms with van der Waals surface area (Å²) in [6.07, 6.45) is -2.84. The van der Waals surface area contributed by atoms with Crippen molar-refractivity contribution in [2.75, 3.05) is 44.1 Å². The Balaban J connectivity index is 2.95. The molecule has 1 aromatic rings. The number of hydrogen-bond donors (Lipinski definition) is 1. The zero-order chi connectivity index (χ0) is 15.9. The average molecular weight is 305 g/mol. The van der Waals surface area contributed by atoms with Crippen LogP contribution in [0.25, 0.3) is 0 Å². The number of pyridine rings is 1. The minimum Gasteiger partial charge on any atom is -0.385 e. The molecule has 1 heterocycles. The summed E-state index contributed by atoms with van der Waals surface area (Å²) in [6.45, 7) is 3.67. The van der Waals surface area contributed by atoms with E-state index in [4.69, 9.17) is 4.74 Å². The van der Waals surface area contributed by atoms with Gasteiger partial charge in [0.25, 0.3) is 0 Å². The van der Waals surface area contributed by atoms with Gasteiger partial charge in [0.05, 0.1) is 5.56 Å². The molecule has 0 saturated heterocycles. The number of ether oxygens (including phenoxy) is 1. The van der Waals surface area contributed by atoms with E-state index in [1.165, 1.54) is 0 Å². The molecule has 0 radical (unpaired) electrons. The van der Waals surface area contributed by atoms with Gasteiger partial charge in [0.15, 0.2) is 0 Å². The van der Waals surface area contributed by atoms with Crippen LogP contribution in [0.1, 0.15) is 25.3 Å². The molecule has 21 heavy (non-hydrogen) atoms. The summed E-state index contributed by atoms with van der Waals surface area (Å²) < 4.78 is 43.8. The van der Waals surface area contributed by atoms with Gasteiger partial charge in [0.1, 0.15) is 11.6 Å². The Kier molecular flexibility index (Phi) is 6.74. The summed E-state index contributed by atoms with van der Waals surface area (Å²) in [7, 11) is 3.32. The molecule has 0 fully saturated rings. The van der Waals surface area contributed by atoms with Gasteiger partial charge in [-0.2, -0.15) is 13.2 Å². The van der Waals surface area contributed by atoms with E-state index in [1.807, 2.05) is 6.92 Å². The van der Waals surface area contributed by atoms with Gasteiger partial charge in [-0.15, -0.1) is 0 Å². The molecule has 120 valence electrons. The van der Waals surface area contributed by atoms with E-state index in [2.05, 4.69) is 10.3 Å². The number of halogens is 3. The van der Waals surface area contributed by atoms with Gasteiger partial charge < -0.3 is 15.0 Å². The van der Waals surface area contributed by atoms with Crippen molar-refractivity contribution in [2.24, 2.45) is 0 Å². The molecule has 0 saturated carbocycles. The fourth-order valence-electron chi connectivity index (χ4n) is 1.78. The Bertz CT molecular complexity index is 438. The van der Waals surface area contributed by atoms with Crippen LogP contribution >= 0.6 is 0 Å². The molecular weight excluding hydrogens is 283 g/mol. The third-order valence-electron chi connectivity index (χ3n) is 2.93. The van der Waals surface area contributed by atoms with Crippen LogP contribution in [0.4, 0.5) is 24.8 Å². The lowest BCUT2D eigenvalue weighted by Crippen LogP contribution is -2.22. The maximum absolute atomic E-state index is 12.9. The highest BCUT2D eigenvalue weighted by atomic mass is 19.4. The van der Waals surface area contributed by atoms with Gasteiger partial charge in [-0.3, -0.25) is 0 Å². The standard InChI is InChI=1S/C14H22F3N3O/c1-4-6-18-12-9-11(14(15,16)17)10-13(19-12)20(2)7-5-8-21-3/h9-10H,4-8H2,1-3H3,(H,18,19). The van der Waals surface area contributed by atoms with E-state index in [9.17, 15) is 13.2 Å². The summed E-state index contributed by atoms with van der Waals surface area (Å²) >= 11 is 0. The lowest BCUT2D eigenvalue weighted by atomic mass is 10.2. The van der Waals surface area contributed by atoms with Crippen LogP contribution < -0.4 is 10.2 Å².